The fourth-order valence-electron chi connectivity index (χ4n) is 4.00. The summed E-state index contributed by atoms with van der Waals surface area (Å²) in [6.45, 7) is 9.69. The molecule has 0 saturated carbocycles. The van der Waals surface area contributed by atoms with Crippen molar-refractivity contribution in [3.8, 4) is 0 Å². The van der Waals surface area contributed by atoms with Crippen LogP contribution in [0.5, 0.6) is 0 Å². The van der Waals surface area contributed by atoms with Crippen LogP contribution in [0.25, 0.3) is 0 Å². The lowest BCUT2D eigenvalue weighted by molar-refractivity contribution is 0.214. The molecule has 1 aromatic rings. The first-order valence-electron chi connectivity index (χ1n) is 10.4. The monoisotopic (exact) mass is 375 g/mol. The summed E-state index contributed by atoms with van der Waals surface area (Å²) < 4.78 is 14.0. The van der Waals surface area contributed by atoms with E-state index in [2.05, 4.69) is 34.0 Å². The summed E-state index contributed by atoms with van der Waals surface area (Å²) in [5.74, 6) is 1.69. The Hall–Kier alpha value is -1.82. The Morgan fingerprint density at radius 2 is 1.81 bits per heavy atom. The van der Waals surface area contributed by atoms with E-state index < -0.39 is 0 Å². The Labute approximate surface area is 163 Å². The molecule has 0 bridgehead atoms. The fraction of sp³-hybridized carbons (Fsp3) is 0.667. The molecule has 1 aromatic carbocycles. The lowest BCUT2D eigenvalue weighted by Crippen LogP contribution is -2.52. The highest BCUT2D eigenvalue weighted by molar-refractivity contribution is 5.80. The van der Waals surface area contributed by atoms with Gasteiger partial charge < -0.3 is 20.0 Å². The number of halogens is 1. The molecular formula is C21H34FN5. The molecular weight excluding hydrogens is 341 g/mol. The third-order valence-corrected chi connectivity index (χ3v) is 5.74. The van der Waals surface area contributed by atoms with Crippen LogP contribution < -0.4 is 10.2 Å². The molecule has 0 unspecified atom stereocenters. The number of likely N-dealkylation sites (tertiary alicyclic amines) is 1. The van der Waals surface area contributed by atoms with E-state index in [0.717, 1.165) is 51.1 Å². The first-order valence-corrected chi connectivity index (χ1v) is 10.4. The second kappa shape index (κ2) is 9.93. The summed E-state index contributed by atoms with van der Waals surface area (Å²) in [6.07, 6.45) is 3.77. The van der Waals surface area contributed by atoms with Crippen molar-refractivity contribution in [3.63, 3.8) is 0 Å². The van der Waals surface area contributed by atoms with Gasteiger partial charge in [0.15, 0.2) is 5.96 Å². The number of anilines is 1. The zero-order valence-corrected chi connectivity index (χ0v) is 16.8. The van der Waals surface area contributed by atoms with Gasteiger partial charge in [0.05, 0.1) is 5.69 Å². The molecule has 0 spiro atoms. The highest BCUT2D eigenvalue weighted by atomic mass is 19.1. The Kier molecular flexibility index (Phi) is 7.33. The van der Waals surface area contributed by atoms with Gasteiger partial charge in [0.2, 0.25) is 0 Å². The van der Waals surface area contributed by atoms with Gasteiger partial charge in [-0.2, -0.15) is 0 Å². The van der Waals surface area contributed by atoms with Gasteiger partial charge in [-0.05, 0) is 64.4 Å². The zero-order valence-electron chi connectivity index (χ0n) is 16.8. The Bertz CT molecular complexity index is 604. The number of rotatable bonds is 5. The van der Waals surface area contributed by atoms with Crippen molar-refractivity contribution >= 4 is 11.6 Å². The van der Waals surface area contributed by atoms with Crippen molar-refractivity contribution in [2.45, 2.75) is 26.2 Å². The van der Waals surface area contributed by atoms with E-state index in [1.807, 2.05) is 12.1 Å². The van der Waals surface area contributed by atoms with Gasteiger partial charge in [-0.15, -0.1) is 0 Å². The van der Waals surface area contributed by atoms with Crippen molar-refractivity contribution in [3.05, 3.63) is 30.1 Å². The highest BCUT2D eigenvalue weighted by Crippen LogP contribution is 2.21. The van der Waals surface area contributed by atoms with E-state index >= 15 is 0 Å². The molecule has 0 atom stereocenters. The molecule has 5 nitrogen and oxygen atoms in total. The number of nitrogens with zero attached hydrogens (tertiary/aromatic N) is 4. The third-order valence-electron chi connectivity index (χ3n) is 5.74. The molecule has 0 radical (unpaired) electrons. The SMILES string of the molecule is CCNC(=NCCC1CCN(C)CC1)N1CCN(c2ccccc2F)CC1. The standard InChI is InChI=1S/C21H34FN5/c1-3-23-21(24-11-8-18-9-12-25(2)13-10-18)27-16-14-26(15-17-27)20-7-5-4-6-19(20)22/h4-7,18H,3,8-17H2,1-2H3,(H,23,24). The van der Waals surface area contributed by atoms with Gasteiger partial charge in [0.25, 0.3) is 0 Å². The number of nitrogens with one attached hydrogen (secondary N) is 1. The summed E-state index contributed by atoms with van der Waals surface area (Å²) in [6, 6.07) is 7.05. The largest absolute Gasteiger partial charge is 0.366 e. The smallest absolute Gasteiger partial charge is 0.194 e. The van der Waals surface area contributed by atoms with Crippen LogP contribution in [0.2, 0.25) is 0 Å². The van der Waals surface area contributed by atoms with Gasteiger partial charge in [0, 0.05) is 39.3 Å². The van der Waals surface area contributed by atoms with E-state index in [-0.39, 0.29) is 5.82 Å². The fourth-order valence-corrected chi connectivity index (χ4v) is 4.00. The number of aliphatic imine (C=N–C) groups is 1. The maximum absolute atomic E-state index is 14.0. The first kappa shape index (κ1) is 19.9. The van der Waals surface area contributed by atoms with E-state index in [9.17, 15) is 4.39 Å². The Balaban J connectivity index is 1.51. The molecule has 2 saturated heterocycles. The molecule has 27 heavy (non-hydrogen) atoms. The molecule has 150 valence electrons. The van der Waals surface area contributed by atoms with Gasteiger partial charge in [-0.25, -0.2) is 4.39 Å². The minimum atomic E-state index is -0.135. The minimum Gasteiger partial charge on any atom is -0.366 e. The lowest BCUT2D eigenvalue weighted by atomic mass is 9.94. The number of hydrogen-bond donors (Lipinski definition) is 1. The van der Waals surface area contributed by atoms with Crippen molar-refractivity contribution in [2.75, 3.05) is 64.3 Å². The van der Waals surface area contributed by atoms with Crippen molar-refractivity contribution < 1.29 is 4.39 Å². The van der Waals surface area contributed by atoms with Gasteiger partial charge >= 0.3 is 0 Å². The van der Waals surface area contributed by atoms with Crippen LogP contribution in [0.1, 0.15) is 26.2 Å². The zero-order chi connectivity index (χ0) is 19.1. The Morgan fingerprint density at radius 3 is 2.48 bits per heavy atom. The molecule has 0 aromatic heterocycles. The summed E-state index contributed by atoms with van der Waals surface area (Å²) in [4.78, 5) is 11.8. The van der Waals surface area contributed by atoms with E-state index in [0.29, 0.717) is 5.69 Å². The van der Waals surface area contributed by atoms with Gasteiger partial charge in [-0.3, -0.25) is 4.99 Å². The van der Waals surface area contributed by atoms with Gasteiger partial charge in [0.1, 0.15) is 5.82 Å². The summed E-state index contributed by atoms with van der Waals surface area (Å²) in [7, 11) is 2.21. The van der Waals surface area contributed by atoms with E-state index in [4.69, 9.17) is 4.99 Å². The van der Waals surface area contributed by atoms with Crippen LogP contribution in [-0.2, 0) is 0 Å². The molecule has 2 heterocycles. The Morgan fingerprint density at radius 1 is 1.11 bits per heavy atom. The van der Waals surface area contributed by atoms with Crippen LogP contribution >= 0.6 is 0 Å². The average molecular weight is 376 g/mol. The number of guanidine groups is 1. The second-order valence-electron chi connectivity index (χ2n) is 7.70. The second-order valence-corrected chi connectivity index (χ2v) is 7.70. The van der Waals surface area contributed by atoms with Crippen LogP contribution in [0.3, 0.4) is 0 Å². The van der Waals surface area contributed by atoms with Crippen molar-refractivity contribution in [2.24, 2.45) is 10.9 Å². The molecule has 0 aliphatic carbocycles. The van der Waals surface area contributed by atoms with Crippen LogP contribution in [-0.4, -0.2) is 75.2 Å². The summed E-state index contributed by atoms with van der Waals surface area (Å²) in [5.41, 5.74) is 0.710. The van der Waals surface area contributed by atoms with E-state index in [1.165, 1.54) is 38.4 Å². The van der Waals surface area contributed by atoms with Crippen LogP contribution in [0, 0.1) is 11.7 Å². The molecule has 2 aliphatic rings. The predicted octanol–water partition coefficient (Wildman–Crippen LogP) is 2.65. The van der Waals surface area contributed by atoms with Crippen molar-refractivity contribution in [1.82, 2.24) is 15.1 Å². The topological polar surface area (TPSA) is 34.1 Å². The molecule has 2 fully saturated rings. The maximum atomic E-state index is 14.0. The van der Waals surface area contributed by atoms with Crippen LogP contribution in [0.15, 0.2) is 29.3 Å². The van der Waals surface area contributed by atoms with Crippen molar-refractivity contribution in [1.29, 1.82) is 0 Å². The van der Waals surface area contributed by atoms with Crippen LogP contribution in [0.4, 0.5) is 10.1 Å². The third kappa shape index (κ3) is 5.58. The predicted molar refractivity (Wildman–Crippen MR) is 111 cm³/mol. The molecule has 1 N–H and O–H groups in total. The molecule has 2 aliphatic heterocycles. The maximum Gasteiger partial charge on any atom is 0.194 e. The quantitative estimate of drug-likeness (QED) is 0.634. The number of benzene rings is 1. The average Bonchev–Trinajstić information content (AvgIpc) is 2.69. The molecule has 0 amide bonds. The lowest BCUT2D eigenvalue weighted by Gasteiger charge is -2.37. The molecule has 3 rings (SSSR count). The number of piperazine rings is 1. The number of para-hydroxylation sites is 1. The van der Waals surface area contributed by atoms with E-state index in [1.54, 1.807) is 6.07 Å². The molecule has 6 heteroatoms. The highest BCUT2D eigenvalue weighted by Gasteiger charge is 2.22. The normalized spacial score (nSPS) is 20.2. The minimum absolute atomic E-state index is 0.135. The number of hydrogen-bond acceptors (Lipinski definition) is 3. The first-order chi connectivity index (χ1) is 13.2. The number of piperidine rings is 1. The van der Waals surface area contributed by atoms with Gasteiger partial charge in [-0.1, -0.05) is 12.1 Å². The summed E-state index contributed by atoms with van der Waals surface area (Å²) in [5, 5.41) is 3.44. The summed E-state index contributed by atoms with van der Waals surface area (Å²) >= 11 is 0.